The quantitative estimate of drug-likeness (QED) is 0.815. The van der Waals surface area contributed by atoms with Crippen LogP contribution in [0.15, 0.2) is 24.3 Å². The monoisotopic (exact) mass is 236 g/mol. The molecule has 1 fully saturated rings. The Labute approximate surface area is 100 Å². The van der Waals surface area contributed by atoms with E-state index in [1.807, 2.05) is 0 Å². The first kappa shape index (κ1) is 11.8. The van der Waals surface area contributed by atoms with Gasteiger partial charge in [-0.25, -0.2) is 4.79 Å². The first-order chi connectivity index (χ1) is 8.16. The number of phenols is 1. The molecule has 0 atom stereocenters. The van der Waals surface area contributed by atoms with Gasteiger partial charge in [-0.3, -0.25) is 0 Å². The second-order valence-corrected chi connectivity index (χ2v) is 4.16. The SMILES string of the molecule is CCOC(=O)C1(Oc2ccc(O)cc2)CCC1. The molecule has 1 aliphatic carbocycles. The number of aromatic hydroxyl groups is 1. The highest BCUT2D eigenvalue weighted by atomic mass is 16.6. The number of phenolic OH excluding ortho intramolecular Hbond substituents is 1. The average Bonchev–Trinajstić information content (AvgIpc) is 2.26. The van der Waals surface area contributed by atoms with Gasteiger partial charge in [0.15, 0.2) is 0 Å². The number of hydrogen-bond donors (Lipinski definition) is 1. The molecule has 0 saturated heterocycles. The third-order valence-corrected chi connectivity index (χ3v) is 2.96. The summed E-state index contributed by atoms with van der Waals surface area (Å²) >= 11 is 0. The highest BCUT2D eigenvalue weighted by Crippen LogP contribution is 2.38. The molecule has 1 saturated carbocycles. The van der Waals surface area contributed by atoms with Gasteiger partial charge in [0.25, 0.3) is 0 Å². The van der Waals surface area contributed by atoms with Crippen molar-refractivity contribution in [2.24, 2.45) is 0 Å². The van der Waals surface area contributed by atoms with Gasteiger partial charge in [-0.15, -0.1) is 0 Å². The van der Waals surface area contributed by atoms with Crippen molar-refractivity contribution in [1.29, 1.82) is 0 Å². The standard InChI is InChI=1S/C13H16O4/c1-2-16-12(15)13(8-3-9-13)17-11-6-4-10(14)5-7-11/h4-7,14H,2-3,8-9H2,1H3. The Kier molecular flexibility index (Phi) is 3.22. The Hall–Kier alpha value is -1.71. The van der Waals surface area contributed by atoms with Crippen LogP contribution < -0.4 is 4.74 Å². The fraction of sp³-hybridized carbons (Fsp3) is 0.462. The molecule has 0 aliphatic heterocycles. The van der Waals surface area contributed by atoms with Gasteiger partial charge in [-0.05, 0) is 50.5 Å². The van der Waals surface area contributed by atoms with E-state index in [9.17, 15) is 9.90 Å². The van der Waals surface area contributed by atoms with Crippen molar-refractivity contribution in [3.63, 3.8) is 0 Å². The molecule has 0 radical (unpaired) electrons. The van der Waals surface area contributed by atoms with Crippen LogP contribution in [0, 0.1) is 0 Å². The van der Waals surface area contributed by atoms with E-state index in [0.717, 1.165) is 6.42 Å². The molecule has 1 aliphatic rings. The van der Waals surface area contributed by atoms with Crippen molar-refractivity contribution in [3.05, 3.63) is 24.3 Å². The minimum absolute atomic E-state index is 0.177. The van der Waals surface area contributed by atoms with E-state index in [-0.39, 0.29) is 11.7 Å². The second kappa shape index (κ2) is 4.65. The lowest BCUT2D eigenvalue weighted by Gasteiger charge is -2.39. The predicted octanol–water partition coefficient (Wildman–Crippen LogP) is 2.26. The molecule has 0 heterocycles. The van der Waals surface area contributed by atoms with Gasteiger partial charge in [0.2, 0.25) is 5.60 Å². The first-order valence-electron chi connectivity index (χ1n) is 5.81. The zero-order valence-electron chi connectivity index (χ0n) is 9.81. The van der Waals surface area contributed by atoms with E-state index in [2.05, 4.69) is 0 Å². The lowest BCUT2D eigenvalue weighted by molar-refractivity contribution is -0.169. The molecule has 1 aromatic carbocycles. The summed E-state index contributed by atoms with van der Waals surface area (Å²) in [5, 5.41) is 9.17. The summed E-state index contributed by atoms with van der Waals surface area (Å²) in [6.07, 6.45) is 2.34. The van der Waals surface area contributed by atoms with E-state index in [0.29, 0.717) is 25.2 Å². The summed E-state index contributed by atoms with van der Waals surface area (Å²) in [5.74, 6) is 0.464. The molecule has 0 unspecified atom stereocenters. The smallest absolute Gasteiger partial charge is 0.350 e. The first-order valence-corrected chi connectivity index (χ1v) is 5.81. The van der Waals surface area contributed by atoms with Gasteiger partial charge in [0.1, 0.15) is 11.5 Å². The maximum absolute atomic E-state index is 11.8. The topological polar surface area (TPSA) is 55.8 Å². The molecule has 0 spiro atoms. The molecular formula is C13H16O4. The fourth-order valence-corrected chi connectivity index (χ4v) is 1.85. The summed E-state index contributed by atoms with van der Waals surface area (Å²) in [6.45, 7) is 2.14. The molecule has 92 valence electrons. The van der Waals surface area contributed by atoms with Crippen molar-refractivity contribution < 1.29 is 19.4 Å². The Morgan fingerprint density at radius 3 is 2.47 bits per heavy atom. The predicted molar refractivity (Wildman–Crippen MR) is 61.9 cm³/mol. The lowest BCUT2D eigenvalue weighted by atomic mass is 9.80. The molecule has 1 N–H and O–H groups in total. The molecule has 0 bridgehead atoms. The van der Waals surface area contributed by atoms with Gasteiger partial charge in [-0.1, -0.05) is 0 Å². The largest absolute Gasteiger partial charge is 0.508 e. The number of esters is 1. The van der Waals surface area contributed by atoms with E-state index < -0.39 is 5.60 Å². The van der Waals surface area contributed by atoms with Crippen molar-refractivity contribution in [1.82, 2.24) is 0 Å². The van der Waals surface area contributed by atoms with Gasteiger partial charge in [-0.2, -0.15) is 0 Å². The van der Waals surface area contributed by atoms with Gasteiger partial charge in [0, 0.05) is 0 Å². The Bertz CT molecular complexity index is 392. The summed E-state index contributed by atoms with van der Waals surface area (Å²) < 4.78 is 10.8. The Morgan fingerprint density at radius 2 is 2.00 bits per heavy atom. The van der Waals surface area contributed by atoms with Crippen molar-refractivity contribution in [3.8, 4) is 11.5 Å². The number of rotatable bonds is 4. The van der Waals surface area contributed by atoms with Crippen LogP contribution in [0.25, 0.3) is 0 Å². The Morgan fingerprint density at radius 1 is 1.35 bits per heavy atom. The molecule has 0 aromatic heterocycles. The third-order valence-electron chi connectivity index (χ3n) is 2.96. The molecule has 4 nitrogen and oxygen atoms in total. The number of hydrogen-bond acceptors (Lipinski definition) is 4. The fourth-order valence-electron chi connectivity index (χ4n) is 1.85. The van der Waals surface area contributed by atoms with Crippen molar-refractivity contribution in [2.45, 2.75) is 31.8 Å². The number of benzene rings is 1. The lowest BCUT2D eigenvalue weighted by Crippen LogP contribution is -2.51. The maximum Gasteiger partial charge on any atom is 0.350 e. The van der Waals surface area contributed by atoms with E-state index >= 15 is 0 Å². The molecule has 2 rings (SSSR count). The second-order valence-electron chi connectivity index (χ2n) is 4.16. The van der Waals surface area contributed by atoms with Crippen molar-refractivity contribution in [2.75, 3.05) is 6.61 Å². The summed E-state index contributed by atoms with van der Waals surface area (Å²) in [5.41, 5.74) is -0.813. The number of carbonyl (C=O) groups is 1. The average molecular weight is 236 g/mol. The van der Waals surface area contributed by atoms with E-state index in [1.54, 1.807) is 19.1 Å². The van der Waals surface area contributed by atoms with Crippen molar-refractivity contribution >= 4 is 5.97 Å². The van der Waals surface area contributed by atoms with Crippen LogP contribution in [0.3, 0.4) is 0 Å². The van der Waals surface area contributed by atoms with E-state index in [1.165, 1.54) is 12.1 Å². The minimum Gasteiger partial charge on any atom is -0.508 e. The van der Waals surface area contributed by atoms with Gasteiger partial charge < -0.3 is 14.6 Å². The van der Waals surface area contributed by atoms with Crippen LogP contribution in [-0.2, 0) is 9.53 Å². The molecule has 17 heavy (non-hydrogen) atoms. The highest BCUT2D eigenvalue weighted by molar-refractivity contribution is 5.81. The Balaban J connectivity index is 2.09. The van der Waals surface area contributed by atoms with E-state index in [4.69, 9.17) is 9.47 Å². The number of ether oxygens (including phenoxy) is 2. The zero-order chi connectivity index (χ0) is 12.3. The molecule has 0 amide bonds. The third kappa shape index (κ3) is 2.35. The maximum atomic E-state index is 11.8. The van der Waals surface area contributed by atoms with Crippen LogP contribution in [0.2, 0.25) is 0 Å². The van der Waals surface area contributed by atoms with Crippen LogP contribution in [-0.4, -0.2) is 23.3 Å². The minimum atomic E-state index is -0.813. The summed E-state index contributed by atoms with van der Waals surface area (Å²) in [4.78, 5) is 11.8. The summed E-state index contributed by atoms with van der Waals surface area (Å²) in [7, 11) is 0. The van der Waals surface area contributed by atoms with Crippen LogP contribution >= 0.6 is 0 Å². The summed E-state index contributed by atoms with van der Waals surface area (Å²) in [6, 6.07) is 6.36. The molecule has 1 aromatic rings. The molecule has 4 heteroatoms. The zero-order valence-corrected chi connectivity index (χ0v) is 9.81. The number of carbonyl (C=O) groups excluding carboxylic acids is 1. The van der Waals surface area contributed by atoms with Gasteiger partial charge in [0.05, 0.1) is 6.61 Å². The highest BCUT2D eigenvalue weighted by Gasteiger charge is 2.48. The van der Waals surface area contributed by atoms with Gasteiger partial charge >= 0.3 is 5.97 Å². The van der Waals surface area contributed by atoms with Crippen LogP contribution in [0.5, 0.6) is 11.5 Å². The molecular weight excluding hydrogens is 220 g/mol. The van der Waals surface area contributed by atoms with Crippen LogP contribution in [0.1, 0.15) is 26.2 Å². The van der Waals surface area contributed by atoms with Crippen LogP contribution in [0.4, 0.5) is 0 Å². The normalized spacial score (nSPS) is 17.0.